The number of aromatic nitrogens is 1. The Hall–Kier alpha value is -3.48. The molecule has 0 bridgehead atoms. The van der Waals surface area contributed by atoms with Crippen molar-refractivity contribution in [3.63, 3.8) is 0 Å². The molecular weight excluding hydrogens is 324 g/mol. The van der Waals surface area contributed by atoms with Crippen molar-refractivity contribution in [3.05, 3.63) is 63.9 Å². The molecular formula is C18H14N2O5. The zero-order valence-corrected chi connectivity index (χ0v) is 13.0. The molecule has 0 saturated carbocycles. The van der Waals surface area contributed by atoms with Crippen LogP contribution in [0, 0.1) is 0 Å². The quantitative estimate of drug-likeness (QED) is 0.677. The first kappa shape index (κ1) is 15.1. The number of para-hydroxylation sites is 1. The predicted octanol–water partition coefficient (Wildman–Crippen LogP) is 1.89. The maximum absolute atomic E-state index is 12.4. The van der Waals surface area contributed by atoms with E-state index in [0.29, 0.717) is 22.4 Å². The molecule has 126 valence electrons. The zero-order valence-electron chi connectivity index (χ0n) is 13.0. The first-order valence-corrected chi connectivity index (χ1v) is 7.64. The number of rotatable bonds is 3. The van der Waals surface area contributed by atoms with Crippen molar-refractivity contribution in [2.75, 3.05) is 6.79 Å². The monoisotopic (exact) mass is 338 g/mol. The molecule has 0 saturated heterocycles. The summed E-state index contributed by atoms with van der Waals surface area (Å²) < 4.78 is 10.5. The summed E-state index contributed by atoms with van der Waals surface area (Å²) in [7, 11) is 0. The Balaban J connectivity index is 1.59. The number of carbonyl (C=O) groups is 1. The van der Waals surface area contributed by atoms with E-state index in [1.165, 1.54) is 0 Å². The lowest BCUT2D eigenvalue weighted by Gasteiger charge is -2.09. The van der Waals surface area contributed by atoms with Crippen molar-refractivity contribution in [2.45, 2.75) is 6.54 Å². The zero-order chi connectivity index (χ0) is 17.4. The van der Waals surface area contributed by atoms with Gasteiger partial charge < -0.3 is 24.9 Å². The van der Waals surface area contributed by atoms with E-state index in [1.807, 2.05) is 0 Å². The van der Waals surface area contributed by atoms with Gasteiger partial charge in [0.2, 0.25) is 6.79 Å². The highest BCUT2D eigenvalue weighted by atomic mass is 16.7. The fourth-order valence-corrected chi connectivity index (χ4v) is 2.76. The Morgan fingerprint density at radius 3 is 2.84 bits per heavy atom. The van der Waals surface area contributed by atoms with Gasteiger partial charge >= 0.3 is 0 Å². The van der Waals surface area contributed by atoms with E-state index in [9.17, 15) is 14.7 Å². The van der Waals surface area contributed by atoms with Gasteiger partial charge in [-0.2, -0.15) is 0 Å². The second kappa shape index (κ2) is 5.86. The molecule has 7 nitrogen and oxygen atoms in total. The lowest BCUT2D eigenvalue weighted by Crippen LogP contribution is -2.29. The van der Waals surface area contributed by atoms with Gasteiger partial charge in [-0.1, -0.05) is 18.2 Å². The summed E-state index contributed by atoms with van der Waals surface area (Å²) in [5, 5.41) is 13.4. The van der Waals surface area contributed by atoms with Crippen molar-refractivity contribution in [1.29, 1.82) is 0 Å². The third-order valence-corrected chi connectivity index (χ3v) is 4.01. The molecule has 1 aliphatic rings. The van der Waals surface area contributed by atoms with Crippen LogP contribution in [0.2, 0.25) is 0 Å². The molecule has 0 fully saturated rings. The van der Waals surface area contributed by atoms with Crippen LogP contribution in [0.15, 0.2) is 47.3 Å². The Labute approximate surface area is 141 Å². The molecule has 0 aliphatic carbocycles. The van der Waals surface area contributed by atoms with E-state index in [0.717, 1.165) is 5.56 Å². The molecule has 4 rings (SSSR count). The van der Waals surface area contributed by atoms with Crippen molar-refractivity contribution in [3.8, 4) is 17.2 Å². The van der Waals surface area contributed by atoms with E-state index < -0.39 is 11.5 Å². The number of hydrogen-bond donors (Lipinski definition) is 3. The molecule has 2 heterocycles. The number of benzene rings is 2. The minimum absolute atomic E-state index is 0.172. The third-order valence-electron chi connectivity index (χ3n) is 4.01. The number of carbonyl (C=O) groups excluding carboxylic acids is 1. The molecule has 0 spiro atoms. The highest BCUT2D eigenvalue weighted by Crippen LogP contribution is 2.32. The fourth-order valence-electron chi connectivity index (χ4n) is 2.76. The van der Waals surface area contributed by atoms with Crippen LogP contribution in [-0.4, -0.2) is 22.8 Å². The van der Waals surface area contributed by atoms with Crippen molar-refractivity contribution < 1.29 is 19.4 Å². The lowest BCUT2D eigenvalue weighted by molar-refractivity contribution is 0.0947. The molecule has 3 aromatic rings. The van der Waals surface area contributed by atoms with Crippen LogP contribution in [0.1, 0.15) is 15.9 Å². The number of H-pyrrole nitrogens is 1. The molecule has 0 radical (unpaired) electrons. The van der Waals surface area contributed by atoms with Crippen LogP contribution in [0.4, 0.5) is 0 Å². The van der Waals surface area contributed by atoms with Crippen molar-refractivity contribution >= 4 is 16.8 Å². The first-order valence-electron chi connectivity index (χ1n) is 7.64. The minimum atomic E-state index is -0.651. The first-order chi connectivity index (χ1) is 12.1. The van der Waals surface area contributed by atoms with E-state index in [4.69, 9.17) is 9.47 Å². The Kier molecular flexibility index (Phi) is 3.53. The Morgan fingerprint density at radius 2 is 1.96 bits per heavy atom. The molecule has 0 unspecified atom stereocenters. The van der Waals surface area contributed by atoms with E-state index in [-0.39, 0.29) is 24.7 Å². The smallest absolute Gasteiger partial charge is 0.265 e. The van der Waals surface area contributed by atoms with Gasteiger partial charge in [-0.3, -0.25) is 9.59 Å². The number of nitrogens with one attached hydrogen (secondary N) is 2. The highest BCUT2D eigenvalue weighted by Gasteiger charge is 2.19. The second-order valence-corrected chi connectivity index (χ2v) is 5.59. The van der Waals surface area contributed by atoms with Crippen LogP contribution >= 0.6 is 0 Å². The highest BCUT2D eigenvalue weighted by molar-refractivity contribution is 6.01. The maximum atomic E-state index is 12.4. The summed E-state index contributed by atoms with van der Waals surface area (Å²) in [6, 6.07) is 12.0. The molecule has 7 heteroatoms. The van der Waals surface area contributed by atoms with Gasteiger partial charge in [-0.15, -0.1) is 0 Å². The summed E-state index contributed by atoms with van der Waals surface area (Å²) >= 11 is 0. The molecule has 2 aromatic carbocycles. The molecule has 3 N–H and O–H groups in total. The summed E-state index contributed by atoms with van der Waals surface area (Å²) in [4.78, 5) is 27.1. The second-order valence-electron chi connectivity index (χ2n) is 5.59. The Bertz CT molecular complexity index is 1040. The number of aromatic amines is 1. The van der Waals surface area contributed by atoms with Crippen LogP contribution in [0.5, 0.6) is 17.2 Å². The van der Waals surface area contributed by atoms with Gasteiger partial charge in [-0.25, -0.2) is 0 Å². The number of hydrogen-bond acceptors (Lipinski definition) is 5. The average Bonchev–Trinajstić information content (AvgIpc) is 3.07. The van der Waals surface area contributed by atoms with Crippen LogP contribution in [0.25, 0.3) is 10.9 Å². The van der Waals surface area contributed by atoms with Crippen LogP contribution in [0.3, 0.4) is 0 Å². The largest absolute Gasteiger partial charge is 0.506 e. The van der Waals surface area contributed by atoms with Gasteiger partial charge in [0.05, 0.1) is 5.52 Å². The number of fused-ring (bicyclic) bond motifs is 2. The van der Waals surface area contributed by atoms with Gasteiger partial charge in [0.25, 0.3) is 11.5 Å². The maximum Gasteiger partial charge on any atom is 0.265 e. The molecule has 1 aromatic heterocycles. The summed E-state index contributed by atoms with van der Waals surface area (Å²) in [5.41, 5.74) is 0.311. The van der Waals surface area contributed by atoms with E-state index in [2.05, 4.69) is 10.3 Å². The van der Waals surface area contributed by atoms with Crippen LogP contribution < -0.4 is 20.3 Å². The van der Waals surface area contributed by atoms with Crippen molar-refractivity contribution in [1.82, 2.24) is 10.3 Å². The van der Waals surface area contributed by atoms with Gasteiger partial charge in [-0.05, 0) is 29.8 Å². The summed E-state index contributed by atoms with van der Waals surface area (Å²) in [6.07, 6.45) is 0. The number of aromatic hydroxyl groups is 1. The van der Waals surface area contributed by atoms with Gasteiger partial charge in [0, 0.05) is 11.9 Å². The summed E-state index contributed by atoms with van der Waals surface area (Å²) in [6.45, 7) is 0.354. The molecule has 0 atom stereocenters. The number of amides is 1. The molecule has 1 aliphatic heterocycles. The normalized spacial score (nSPS) is 12.3. The third kappa shape index (κ3) is 2.65. The number of ether oxygens (including phenoxy) is 2. The van der Waals surface area contributed by atoms with E-state index >= 15 is 0 Å². The SMILES string of the molecule is O=C(NCc1ccc2c(c1)OCO2)c1c(O)c2ccccc2[nH]c1=O. The standard InChI is InChI=1S/C18H14N2O5/c21-16-11-3-1-2-4-12(11)20-18(23)15(16)17(22)19-8-10-5-6-13-14(7-10)25-9-24-13/h1-7H,8-9H2,(H,19,22)(H2,20,21,23). The topological polar surface area (TPSA) is 101 Å². The lowest BCUT2D eigenvalue weighted by atomic mass is 10.1. The van der Waals surface area contributed by atoms with Gasteiger partial charge in [0.15, 0.2) is 11.5 Å². The minimum Gasteiger partial charge on any atom is -0.506 e. The fraction of sp³-hybridized carbons (Fsp3) is 0.111. The van der Waals surface area contributed by atoms with Crippen LogP contribution in [-0.2, 0) is 6.54 Å². The van der Waals surface area contributed by atoms with Gasteiger partial charge in [0.1, 0.15) is 11.3 Å². The molecule has 1 amide bonds. The Morgan fingerprint density at radius 1 is 1.16 bits per heavy atom. The van der Waals surface area contributed by atoms with E-state index in [1.54, 1.807) is 42.5 Å². The average molecular weight is 338 g/mol. The molecule has 25 heavy (non-hydrogen) atoms. The number of pyridine rings is 1. The summed E-state index contributed by atoms with van der Waals surface area (Å²) in [5.74, 6) is 0.279. The predicted molar refractivity (Wildman–Crippen MR) is 90.0 cm³/mol. The van der Waals surface area contributed by atoms with Crippen molar-refractivity contribution in [2.24, 2.45) is 0 Å².